The van der Waals surface area contributed by atoms with E-state index in [4.69, 9.17) is 4.74 Å². The fraction of sp³-hybridized carbons (Fsp3) is 0.533. The van der Waals surface area contributed by atoms with Gasteiger partial charge in [0.25, 0.3) is 0 Å². The fourth-order valence-electron chi connectivity index (χ4n) is 3.24. The smallest absolute Gasteiger partial charge is 0.308 e. The number of benzene rings is 1. The number of fused-ring (bicyclic) bond motifs is 1. The predicted octanol–water partition coefficient (Wildman–Crippen LogP) is 2.68. The minimum Gasteiger partial charge on any atom is -0.493 e. The van der Waals surface area contributed by atoms with E-state index in [0.717, 1.165) is 48.3 Å². The number of carboxylic acid groups (broad SMARTS) is 1. The fourth-order valence-corrected chi connectivity index (χ4v) is 3.79. The summed E-state index contributed by atoms with van der Waals surface area (Å²) in [6, 6.07) is 4.27. The molecule has 1 aromatic rings. The molecule has 4 nitrogen and oxygen atoms in total. The average molecular weight is 340 g/mol. The molecule has 3 rings (SSSR count). The van der Waals surface area contributed by atoms with Crippen LogP contribution in [0, 0.1) is 5.92 Å². The van der Waals surface area contributed by atoms with E-state index >= 15 is 0 Å². The number of carboxylic acids is 1. The molecule has 0 aliphatic carbocycles. The lowest BCUT2D eigenvalue weighted by molar-refractivity contribution is -0.142. The number of halogens is 1. The lowest BCUT2D eigenvalue weighted by Gasteiger charge is -2.24. The van der Waals surface area contributed by atoms with Crippen molar-refractivity contribution in [2.24, 2.45) is 5.92 Å². The Morgan fingerprint density at radius 1 is 1.55 bits per heavy atom. The molecule has 5 heteroatoms. The molecule has 108 valence electrons. The number of nitrogens with zero attached hydrogens (tertiary/aromatic N) is 1. The molecule has 1 N–H and O–H groups in total. The highest BCUT2D eigenvalue weighted by atomic mass is 79.9. The van der Waals surface area contributed by atoms with Gasteiger partial charge in [-0.2, -0.15) is 0 Å². The summed E-state index contributed by atoms with van der Waals surface area (Å²) in [5, 5.41) is 9.21. The van der Waals surface area contributed by atoms with Crippen LogP contribution in [0.25, 0.3) is 0 Å². The molecule has 1 aromatic carbocycles. The first kappa shape index (κ1) is 13.9. The molecule has 0 spiro atoms. The molecule has 1 saturated heterocycles. The van der Waals surface area contributed by atoms with E-state index in [2.05, 4.69) is 33.0 Å². The number of aliphatic carboxylic acids is 1. The zero-order valence-corrected chi connectivity index (χ0v) is 13.0. The van der Waals surface area contributed by atoms with Gasteiger partial charge in [-0.1, -0.05) is 15.9 Å². The first-order valence-electron chi connectivity index (χ1n) is 6.97. The van der Waals surface area contributed by atoms with Crippen molar-refractivity contribution in [1.29, 1.82) is 0 Å². The second kappa shape index (κ2) is 5.37. The lowest BCUT2D eigenvalue weighted by Crippen LogP contribution is -2.32. The maximum atomic E-state index is 11.2. The second-order valence-electron chi connectivity index (χ2n) is 5.60. The maximum absolute atomic E-state index is 11.2. The van der Waals surface area contributed by atoms with E-state index in [1.165, 1.54) is 5.56 Å². The second-order valence-corrected chi connectivity index (χ2v) is 6.51. The van der Waals surface area contributed by atoms with E-state index in [9.17, 15) is 9.90 Å². The summed E-state index contributed by atoms with van der Waals surface area (Å²) in [4.78, 5) is 13.4. The number of carbonyl (C=O) groups is 1. The summed E-state index contributed by atoms with van der Waals surface area (Å²) in [7, 11) is 0. The highest BCUT2D eigenvalue weighted by Gasteiger charge is 2.36. The third kappa shape index (κ3) is 2.44. The Balaban J connectivity index is 1.81. The topological polar surface area (TPSA) is 49.8 Å². The van der Waals surface area contributed by atoms with Crippen LogP contribution < -0.4 is 4.74 Å². The van der Waals surface area contributed by atoms with Gasteiger partial charge in [0.1, 0.15) is 5.75 Å². The zero-order valence-electron chi connectivity index (χ0n) is 11.4. The summed E-state index contributed by atoms with van der Waals surface area (Å²) >= 11 is 3.55. The largest absolute Gasteiger partial charge is 0.493 e. The molecular formula is C15H18BrNO3. The maximum Gasteiger partial charge on any atom is 0.308 e. The molecule has 0 radical (unpaired) electrons. The van der Waals surface area contributed by atoms with Crippen LogP contribution in [-0.2, 0) is 17.8 Å². The van der Waals surface area contributed by atoms with Crippen molar-refractivity contribution >= 4 is 21.9 Å². The quantitative estimate of drug-likeness (QED) is 0.919. The Morgan fingerprint density at radius 2 is 2.35 bits per heavy atom. The number of hydrogen-bond acceptors (Lipinski definition) is 3. The van der Waals surface area contributed by atoms with Gasteiger partial charge in [0.05, 0.1) is 12.5 Å². The normalized spacial score (nSPS) is 25.5. The molecule has 0 bridgehead atoms. The van der Waals surface area contributed by atoms with E-state index in [0.29, 0.717) is 0 Å². The first-order valence-corrected chi connectivity index (χ1v) is 7.76. The van der Waals surface area contributed by atoms with Gasteiger partial charge in [0, 0.05) is 29.0 Å². The summed E-state index contributed by atoms with van der Waals surface area (Å²) in [5.41, 5.74) is 2.40. The van der Waals surface area contributed by atoms with Gasteiger partial charge in [-0.25, -0.2) is 0 Å². The van der Waals surface area contributed by atoms with Crippen molar-refractivity contribution in [2.45, 2.75) is 32.4 Å². The van der Waals surface area contributed by atoms with Gasteiger partial charge < -0.3 is 9.84 Å². The Labute approximate surface area is 126 Å². The highest BCUT2D eigenvalue weighted by molar-refractivity contribution is 9.10. The minimum absolute atomic E-state index is 0.0727. The van der Waals surface area contributed by atoms with Gasteiger partial charge in [0.15, 0.2) is 0 Å². The SMILES string of the molecule is CC1C(C(=O)O)CCN1Cc1cc(Br)cc2c1OCC2. The van der Waals surface area contributed by atoms with Gasteiger partial charge >= 0.3 is 5.97 Å². The zero-order chi connectivity index (χ0) is 14.3. The molecule has 2 atom stereocenters. The van der Waals surface area contributed by atoms with Crippen molar-refractivity contribution < 1.29 is 14.6 Å². The molecule has 0 aromatic heterocycles. The van der Waals surface area contributed by atoms with Crippen molar-refractivity contribution in [1.82, 2.24) is 4.90 Å². The van der Waals surface area contributed by atoms with E-state index < -0.39 is 5.97 Å². The molecule has 0 saturated carbocycles. The van der Waals surface area contributed by atoms with Crippen LogP contribution in [0.15, 0.2) is 16.6 Å². The molecule has 2 aliphatic heterocycles. The van der Waals surface area contributed by atoms with Crippen molar-refractivity contribution in [2.75, 3.05) is 13.2 Å². The molecular weight excluding hydrogens is 322 g/mol. The number of rotatable bonds is 3. The molecule has 2 aliphatic rings. The number of hydrogen-bond donors (Lipinski definition) is 1. The molecule has 2 heterocycles. The van der Waals surface area contributed by atoms with Gasteiger partial charge in [0.2, 0.25) is 0 Å². The van der Waals surface area contributed by atoms with Crippen LogP contribution in [0.2, 0.25) is 0 Å². The van der Waals surface area contributed by atoms with Gasteiger partial charge in [-0.3, -0.25) is 9.69 Å². The van der Waals surface area contributed by atoms with Crippen LogP contribution in [0.5, 0.6) is 5.75 Å². The monoisotopic (exact) mass is 339 g/mol. The van der Waals surface area contributed by atoms with Crippen molar-refractivity contribution in [3.63, 3.8) is 0 Å². The number of likely N-dealkylation sites (tertiary alicyclic amines) is 1. The third-order valence-corrected chi connectivity index (χ3v) is 4.86. The summed E-state index contributed by atoms with van der Waals surface area (Å²) in [5.74, 6) is 0.0611. The molecule has 1 fully saturated rings. The Kier molecular flexibility index (Phi) is 3.73. The Bertz CT molecular complexity index is 546. The average Bonchev–Trinajstić information content (AvgIpc) is 2.97. The standard InChI is InChI=1S/C15H18BrNO3/c1-9-13(15(18)19)2-4-17(9)8-11-7-12(16)6-10-3-5-20-14(10)11/h6-7,9,13H,2-5,8H2,1H3,(H,18,19). The molecule has 0 amide bonds. The van der Waals surface area contributed by atoms with Crippen LogP contribution in [0.4, 0.5) is 0 Å². The molecule has 2 unspecified atom stereocenters. The van der Waals surface area contributed by atoms with Gasteiger partial charge in [-0.05, 0) is 37.6 Å². The Morgan fingerprint density at radius 3 is 3.05 bits per heavy atom. The Hall–Kier alpha value is -1.07. The number of ether oxygens (including phenoxy) is 1. The van der Waals surface area contributed by atoms with Crippen molar-refractivity contribution in [3.8, 4) is 5.75 Å². The summed E-state index contributed by atoms with van der Waals surface area (Å²) in [6.07, 6.45) is 1.68. The van der Waals surface area contributed by atoms with Crippen LogP contribution >= 0.6 is 15.9 Å². The van der Waals surface area contributed by atoms with Crippen LogP contribution in [-0.4, -0.2) is 35.2 Å². The first-order chi connectivity index (χ1) is 9.56. The lowest BCUT2D eigenvalue weighted by atomic mass is 10.0. The third-order valence-electron chi connectivity index (χ3n) is 4.40. The highest BCUT2D eigenvalue weighted by Crippen LogP contribution is 2.35. The van der Waals surface area contributed by atoms with Crippen LogP contribution in [0.1, 0.15) is 24.5 Å². The van der Waals surface area contributed by atoms with E-state index in [-0.39, 0.29) is 12.0 Å². The molecule has 20 heavy (non-hydrogen) atoms. The minimum atomic E-state index is -0.685. The van der Waals surface area contributed by atoms with Crippen LogP contribution in [0.3, 0.4) is 0 Å². The summed E-state index contributed by atoms with van der Waals surface area (Å²) < 4.78 is 6.81. The predicted molar refractivity (Wildman–Crippen MR) is 79.0 cm³/mol. The van der Waals surface area contributed by atoms with E-state index in [1.807, 2.05) is 6.92 Å². The van der Waals surface area contributed by atoms with Gasteiger partial charge in [-0.15, -0.1) is 0 Å². The van der Waals surface area contributed by atoms with Crippen molar-refractivity contribution in [3.05, 3.63) is 27.7 Å². The summed E-state index contributed by atoms with van der Waals surface area (Å²) in [6.45, 7) is 4.34. The van der Waals surface area contributed by atoms with E-state index in [1.54, 1.807) is 0 Å².